The summed E-state index contributed by atoms with van der Waals surface area (Å²) in [7, 11) is -8.12. The fourth-order valence-electron chi connectivity index (χ4n) is 10.3. The number of rotatable bonds is 14. The SMILES string of the molecule is C=C1[C@H](CO)C[C@@](CCO[Si](c2ccccc2)(c2ccccc2)C(C)(C)C)(CO[Si](c2ccccc2)(c2ccccc2)C(C)(C)C)C2=CCC[C@H]1[C@@H]2O[Si](C)(C)C(C)(C)C. The first-order valence-electron chi connectivity index (χ1n) is 22.4. The maximum Gasteiger partial charge on any atom is 0.261 e. The lowest BCUT2D eigenvalue weighted by atomic mass is 9.70. The molecule has 0 amide bonds. The van der Waals surface area contributed by atoms with E-state index in [1.807, 2.05) is 0 Å². The maximum absolute atomic E-state index is 11.4. The summed E-state index contributed by atoms with van der Waals surface area (Å²) in [4.78, 5) is 0. The van der Waals surface area contributed by atoms with Gasteiger partial charge >= 0.3 is 0 Å². The predicted octanol–water partition coefficient (Wildman–Crippen LogP) is 10.8. The Hall–Kier alpha value is -3.15. The van der Waals surface area contributed by atoms with Crippen molar-refractivity contribution in [3.05, 3.63) is 145 Å². The van der Waals surface area contributed by atoms with Crippen LogP contribution in [0.15, 0.2) is 145 Å². The van der Waals surface area contributed by atoms with Gasteiger partial charge in [-0.05, 0) is 80.2 Å². The number of benzene rings is 4. The molecular weight excluding hydrogens is 785 g/mol. The Bertz CT molecular complexity index is 1970. The summed E-state index contributed by atoms with van der Waals surface area (Å²) >= 11 is 0. The lowest BCUT2D eigenvalue weighted by molar-refractivity contribution is 0.0764. The minimum atomic E-state index is -2.97. The van der Waals surface area contributed by atoms with Crippen molar-refractivity contribution in [2.24, 2.45) is 17.3 Å². The molecule has 4 nitrogen and oxygen atoms in total. The third kappa shape index (κ3) is 8.75. The first-order chi connectivity index (χ1) is 28.2. The number of hydrogen-bond acceptors (Lipinski definition) is 4. The molecule has 0 radical (unpaired) electrons. The van der Waals surface area contributed by atoms with E-state index in [1.54, 1.807) is 0 Å². The van der Waals surface area contributed by atoms with Crippen molar-refractivity contribution in [1.82, 2.24) is 0 Å². The van der Waals surface area contributed by atoms with Crippen molar-refractivity contribution in [1.29, 1.82) is 0 Å². The highest BCUT2D eigenvalue weighted by Crippen LogP contribution is 2.55. The van der Waals surface area contributed by atoms with Gasteiger partial charge in [0, 0.05) is 37.1 Å². The van der Waals surface area contributed by atoms with E-state index >= 15 is 0 Å². The lowest BCUT2D eigenvalue weighted by Crippen LogP contribution is -2.67. The van der Waals surface area contributed by atoms with Crippen molar-refractivity contribution in [2.45, 2.75) is 122 Å². The normalized spacial score (nSPS) is 22.0. The van der Waals surface area contributed by atoms with Crippen LogP contribution in [0.3, 0.4) is 0 Å². The molecule has 0 aliphatic heterocycles. The van der Waals surface area contributed by atoms with E-state index in [9.17, 15) is 5.11 Å². The second-order valence-electron chi connectivity index (χ2n) is 21.3. The van der Waals surface area contributed by atoms with Gasteiger partial charge in [0.2, 0.25) is 0 Å². The largest absolute Gasteiger partial charge is 0.410 e. The van der Waals surface area contributed by atoms with Crippen molar-refractivity contribution >= 4 is 45.7 Å². The highest BCUT2D eigenvalue weighted by Gasteiger charge is 2.56. The molecular formula is C53H74O4Si3. The van der Waals surface area contributed by atoms with Crippen molar-refractivity contribution < 1.29 is 18.4 Å². The first kappa shape index (κ1) is 46.4. The predicted molar refractivity (Wildman–Crippen MR) is 261 cm³/mol. The van der Waals surface area contributed by atoms with Crippen molar-refractivity contribution in [3.63, 3.8) is 0 Å². The van der Waals surface area contributed by atoms with Gasteiger partial charge in [-0.1, -0.05) is 202 Å². The number of fused-ring (bicyclic) bond motifs is 2. The van der Waals surface area contributed by atoms with Crippen molar-refractivity contribution in [2.75, 3.05) is 19.8 Å². The smallest absolute Gasteiger partial charge is 0.261 e. The summed E-state index contributed by atoms with van der Waals surface area (Å²) in [5.41, 5.74) is 1.97. The van der Waals surface area contributed by atoms with E-state index in [0.29, 0.717) is 13.2 Å². The molecule has 0 aromatic heterocycles. The Kier molecular flexibility index (Phi) is 13.8. The third-order valence-electron chi connectivity index (χ3n) is 14.5. The molecule has 0 unspecified atom stereocenters. The fraction of sp³-hybridized carbons (Fsp3) is 0.472. The van der Waals surface area contributed by atoms with E-state index in [0.717, 1.165) is 31.3 Å². The van der Waals surface area contributed by atoms with Crippen LogP contribution in [0.2, 0.25) is 28.2 Å². The van der Waals surface area contributed by atoms with Crippen LogP contribution in [-0.2, 0) is 13.3 Å². The standard InChI is InChI=1S/C53H74O4Si3/c1-41-42(39-54)38-53(48-35-25-34-47(41)49(48)57-58(11,12)50(2,3)4,40-56-60(52(8,9)10,45-30-21-15-22-31-45)46-32-23-16-24-33-46)36-37-55-59(51(5,6)7,43-26-17-13-18-27-43)44-28-19-14-20-29-44/h13-24,26-33,35,42,47,49,54H,1,25,34,36-40H2,2-12H3/t42-,47+,49-,53-/m0/s1. The molecule has 6 rings (SSSR count). The van der Waals surface area contributed by atoms with Gasteiger partial charge in [0.1, 0.15) is 0 Å². The summed E-state index contributed by atoms with van der Waals surface area (Å²) < 4.78 is 23.5. The number of aliphatic hydroxyl groups excluding tert-OH is 1. The minimum Gasteiger partial charge on any atom is -0.410 e. The van der Waals surface area contributed by atoms with Gasteiger partial charge in [-0.2, -0.15) is 0 Å². The zero-order valence-electron chi connectivity index (χ0n) is 38.7. The van der Waals surface area contributed by atoms with Crippen LogP contribution in [0.4, 0.5) is 0 Å². The topological polar surface area (TPSA) is 47.9 Å². The zero-order valence-corrected chi connectivity index (χ0v) is 41.7. The summed E-state index contributed by atoms with van der Waals surface area (Å²) in [5, 5.41) is 16.1. The van der Waals surface area contributed by atoms with Gasteiger partial charge in [0.15, 0.2) is 8.32 Å². The summed E-state index contributed by atoms with van der Waals surface area (Å²) in [5.74, 6) is 0.0312. The molecule has 322 valence electrons. The van der Waals surface area contributed by atoms with Crippen LogP contribution in [-0.4, -0.2) is 56.0 Å². The average molecular weight is 859 g/mol. The number of allylic oxidation sites excluding steroid dienone is 1. The Morgan fingerprint density at radius 2 is 1.05 bits per heavy atom. The van der Waals surface area contributed by atoms with Gasteiger partial charge in [0.05, 0.1) is 6.10 Å². The number of hydrogen-bond donors (Lipinski definition) is 1. The quantitative estimate of drug-likeness (QED) is 0.101. The molecule has 1 fully saturated rings. The Balaban J connectivity index is 1.56. The molecule has 1 N–H and O–H groups in total. The molecule has 2 aliphatic rings. The molecule has 60 heavy (non-hydrogen) atoms. The average Bonchev–Trinajstić information content (AvgIpc) is 3.25. The molecule has 0 saturated heterocycles. The van der Waals surface area contributed by atoms with Crippen LogP contribution in [0, 0.1) is 17.3 Å². The van der Waals surface area contributed by atoms with E-state index in [-0.39, 0.29) is 39.7 Å². The third-order valence-corrected chi connectivity index (χ3v) is 29.0. The molecule has 4 aromatic rings. The van der Waals surface area contributed by atoms with Crippen LogP contribution in [0.1, 0.15) is 88.0 Å². The molecule has 2 aliphatic carbocycles. The Morgan fingerprint density at radius 3 is 1.43 bits per heavy atom. The second kappa shape index (κ2) is 17.9. The van der Waals surface area contributed by atoms with E-state index < -0.39 is 30.4 Å². The Morgan fingerprint density at radius 1 is 0.633 bits per heavy atom. The molecule has 2 bridgehead atoms. The van der Waals surface area contributed by atoms with E-state index in [1.165, 1.54) is 26.3 Å². The molecule has 1 saturated carbocycles. The Labute approximate surface area is 366 Å². The highest BCUT2D eigenvalue weighted by atomic mass is 28.4. The van der Waals surface area contributed by atoms with E-state index in [2.05, 4.69) is 203 Å². The van der Waals surface area contributed by atoms with Gasteiger partial charge in [-0.15, -0.1) is 0 Å². The van der Waals surface area contributed by atoms with Crippen molar-refractivity contribution in [3.8, 4) is 0 Å². The monoisotopic (exact) mass is 858 g/mol. The summed E-state index contributed by atoms with van der Waals surface area (Å²) in [6.45, 7) is 31.8. The van der Waals surface area contributed by atoms with Crippen LogP contribution in [0.25, 0.3) is 0 Å². The van der Waals surface area contributed by atoms with Crippen LogP contribution < -0.4 is 20.7 Å². The molecule has 0 heterocycles. The minimum absolute atomic E-state index is 0.0202. The summed E-state index contributed by atoms with van der Waals surface area (Å²) in [6, 6.07) is 44.0. The van der Waals surface area contributed by atoms with Crippen LogP contribution in [0.5, 0.6) is 0 Å². The fourth-order valence-corrected chi connectivity index (χ4v) is 20.8. The zero-order chi connectivity index (χ0) is 43.6. The molecule has 4 aromatic carbocycles. The molecule has 4 atom stereocenters. The van der Waals surface area contributed by atoms with Gasteiger partial charge in [-0.3, -0.25) is 0 Å². The maximum atomic E-state index is 11.4. The first-order valence-corrected chi connectivity index (χ1v) is 29.1. The molecule has 7 heteroatoms. The van der Waals surface area contributed by atoms with Gasteiger partial charge in [-0.25, -0.2) is 0 Å². The highest BCUT2D eigenvalue weighted by molar-refractivity contribution is 7.00. The van der Waals surface area contributed by atoms with Gasteiger partial charge in [0.25, 0.3) is 16.6 Å². The van der Waals surface area contributed by atoms with Crippen LogP contribution >= 0.6 is 0 Å². The van der Waals surface area contributed by atoms with Gasteiger partial charge < -0.3 is 18.4 Å². The molecule has 0 spiro atoms. The van der Waals surface area contributed by atoms with E-state index in [4.69, 9.17) is 19.9 Å². The lowest BCUT2D eigenvalue weighted by Gasteiger charge is -2.50. The number of aliphatic hydroxyl groups is 1. The second-order valence-corrected chi connectivity index (χ2v) is 34.7. The summed E-state index contributed by atoms with van der Waals surface area (Å²) in [6.07, 6.45) is 5.76.